The molecule has 4 rings (SSSR count). The van der Waals surface area contributed by atoms with Crippen LogP contribution in [0, 0.1) is 11.8 Å². The van der Waals surface area contributed by atoms with Gasteiger partial charge >= 0.3 is 10.3 Å². The largest absolute Gasteiger partial charge is 0.380 e. The van der Waals surface area contributed by atoms with Crippen molar-refractivity contribution in [2.24, 2.45) is 22.1 Å². The highest BCUT2D eigenvalue weighted by atomic mass is 32.2. The van der Waals surface area contributed by atoms with Crippen molar-refractivity contribution in [2.45, 2.75) is 70.4 Å². The third-order valence-corrected chi connectivity index (χ3v) is 9.43. The fourth-order valence-corrected chi connectivity index (χ4v) is 7.19. The van der Waals surface area contributed by atoms with E-state index in [2.05, 4.69) is 23.5 Å². The Morgan fingerprint density at radius 3 is 2.30 bits per heavy atom. The van der Waals surface area contributed by atoms with Crippen LogP contribution in [0.4, 0.5) is 0 Å². The standard InChI is InChI=1S/C24H39N5O6S2/c1-17(2)18-3-5-20(6-4-18)28-12-9-24(10-13-28)22-8-7-21(35-37(26,33)34)15-19(22)16-29(23(24)30)14-11-27-36(25,31)32/h7-8,15,17-18,20,27H,3-6,9-14,16H2,1-2H3,(H2,25,31,32)(H2,26,33,34)/t18-,20+. The van der Waals surface area contributed by atoms with Crippen molar-refractivity contribution in [2.75, 3.05) is 26.2 Å². The second-order valence-corrected chi connectivity index (χ2v) is 13.5. The van der Waals surface area contributed by atoms with Crippen LogP contribution in [0.1, 0.15) is 63.5 Å². The van der Waals surface area contributed by atoms with Crippen molar-refractivity contribution in [1.82, 2.24) is 14.5 Å². The maximum absolute atomic E-state index is 13.9. The summed E-state index contributed by atoms with van der Waals surface area (Å²) in [4.78, 5) is 18.0. The van der Waals surface area contributed by atoms with E-state index in [4.69, 9.17) is 14.5 Å². The SMILES string of the molecule is CC(C)[C@H]1CC[C@@H](N2CCC3(CC2)C(=O)N(CCNS(N)(=O)=O)Cc2cc(OS(N)(=O)=O)ccc23)CC1. The molecule has 2 fully saturated rings. The monoisotopic (exact) mass is 557 g/mol. The zero-order valence-electron chi connectivity index (χ0n) is 21.6. The number of amides is 1. The molecule has 1 spiro atoms. The molecule has 2 aliphatic heterocycles. The van der Waals surface area contributed by atoms with Crippen molar-refractivity contribution >= 4 is 26.4 Å². The number of fused-ring (bicyclic) bond motifs is 2. The fraction of sp³-hybridized carbons (Fsp3) is 0.708. The van der Waals surface area contributed by atoms with E-state index >= 15 is 0 Å². The van der Waals surface area contributed by atoms with Gasteiger partial charge in [0, 0.05) is 25.7 Å². The average Bonchev–Trinajstić information content (AvgIpc) is 2.81. The van der Waals surface area contributed by atoms with E-state index < -0.39 is 25.9 Å². The number of hydrogen-bond acceptors (Lipinski definition) is 7. The van der Waals surface area contributed by atoms with Crippen molar-refractivity contribution in [3.8, 4) is 5.75 Å². The highest BCUT2D eigenvalue weighted by molar-refractivity contribution is 7.87. The van der Waals surface area contributed by atoms with Gasteiger partial charge in [-0.3, -0.25) is 4.79 Å². The Morgan fingerprint density at radius 2 is 1.73 bits per heavy atom. The summed E-state index contributed by atoms with van der Waals surface area (Å²) in [5.41, 5.74) is 0.876. The third kappa shape index (κ3) is 6.63. The Hall–Kier alpha value is -1.77. The molecule has 0 aromatic heterocycles. The molecule has 0 radical (unpaired) electrons. The lowest BCUT2D eigenvalue weighted by Gasteiger charge is -2.49. The molecule has 37 heavy (non-hydrogen) atoms. The van der Waals surface area contributed by atoms with E-state index in [1.165, 1.54) is 31.7 Å². The van der Waals surface area contributed by atoms with Crippen LogP contribution in [0.25, 0.3) is 0 Å². The van der Waals surface area contributed by atoms with Crippen molar-refractivity contribution < 1.29 is 25.8 Å². The van der Waals surface area contributed by atoms with Gasteiger partial charge in [0.2, 0.25) is 5.91 Å². The molecule has 2 heterocycles. The summed E-state index contributed by atoms with van der Waals surface area (Å²) < 4.78 is 52.7. The summed E-state index contributed by atoms with van der Waals surface area (Å²) in [7, 11) is -8.09. The zero-order valence-corrected chi connectivity index (χ0v) is 23.2. The first-order valence-electron chi connectivity index (χ1n) is 12.9. The summed E-state index contributed by atoms with van der Waals surface area (Å²) in [6.07, 6.45) is 6.11. The van der Waals surface area contributed by atoms with E-state index in [9.17, 15) is 21.6 Å². The number of benzene rings is 1. The second kappa shape index (κ2) is 10.8. The summed E-state index contributed by atoms with van der Waals surface area (Å²) >= 11 is 0. The second-order valence-electron chi connectivity index (χ2n) is 11.0. The lowest BCUT2D eigenvalue weighted by molar-refractivity contribution is -0.142. The molecular weight excluding hydrogens is 518 g/mol. The fourth-order valence-electron chi connectivity index (χ4n) is 6.44. The average molecular weight is 558 g/mol. The molecular formula is C24H39N5O6S2. The van der Waals surface area contributed by atoms with Crippen LogP contribution in [0.2, 0.25) is 0 Å². The van der Waals surface area contributed by atoms with Gasteiger partial charge in [0.05, 0.1) is 5.41 Å². The quantitative estimate of drug-likeness (QED) is 0.428. The molecule has 0 unspecified atom stereocenters. The number of nitrogens with one attached hydrogen (secondary N) is 1. The maximum atomic E-state index is 13.9. The van der Waals surface area contributed by atoms with Gasteiger partial charge in [0.15, 0.2) is 0 Å². The summed E-state index contributed by atoms with van der Waals surface area (Å²) in [6.45, 7) is 6.50. The Morgan fingerprint density at radius 1 is 1.08 bits per heavy atom. The van der Waals surface area contributed by atoms with Gasteiger partial charge in [0.25, 0.3) is 10.2 Å². The van der Waals surface area contributed by atoms with E-state index in [1.807, 2.05) is 0 Å². The van der Waals surface area contributed by atoms with Gasteiger partial charge in [0.1, 0.15) is 5.75 Å². The molecule has 1 aromatic rings. The molecule has 1 saturated carbocycles. The van der Waals surface area contributed by atoms with Gasteiger partial charge in [-0.15, -0.1) is 0 Å². The van der Waals surface area contributed by atoms with Crippen molar-refractivity contribution in [3.63, 3.8) is 0 Å². The van der Waals surface area contributed by atoms with Crippen LogP contribution < -0.4 is 19.2 Å². The van der Waals surface area contributed by atoms with Gasteiger partial charge < -0.3 is 14.0 Å². The number of carbonyl (C=O) groups excluding carboxylic acids is 1. The number of nitrogens with two attached hydrogens (primary N) is 2. The first kappa shape index (κ1) is 28.2. The highest BCUT2D eigenvalue weighted by Crippen LogP contribution is 2.45. The van der Waals surface area contributed by atoms with Crippen LogP contribution in [0.15, 0.2) is 18.2 Å². The molecule has 208 valence electrons. The number of nitrogens with zero attached hydrogens (tertiary/aromatic N) is 2. The first-order chi connectivity index (χ1) is 17.3. The van der Waals surface area contributed by atoms with E-state index in [1.54, 1.807) is 17.0 Å². The van der Waals surface area contributed by atoms with Crippen LogP contribution in [-0.4, -0.2) is 64.8 Å². The number of piperidine rings is 1. The maximum Gasteiger partial charge on any atom is 0.380 e. The molecule has 1 aliphatic carbocycles. The molecule has 5 N–H and O–H groups in total. The van der Waals surface area contributed by atoms with E-state index in [-0.39, 0.29) is 31.3 Å². The Labute approximate surface area is 220 Å². The third-order valence-electron chi connectivity index (χ3n) is 8.40. The number of hydrogen-bond donors (Lipinski definition) is 3. The molecule has 11 nitrogen and oxygen atoms in total. The summed E-state index contributed by atoms with van der Waals surface area (Å²) in [5.74, 6) is 1.53. The number of likely N-dealkylation sites (tertiary alicyclic amines) is 1. The Kier molecular flexibility index (Phi) is 8.22. The van der Waals surface area contributed by atoms with Crippen molar-refractivity contribution in [3.05, 3.63) is 29.3 Å². The topological polar surface area (TPSA) is 165 Å². The summed E-state index contributed by atoms with van der Waals surface area (Å²) in [5, 5.41) is 10.1. The van der Waals surface area contributed by atoms with Crippen LogP contribution in [0.5, 0.6) is 5.75 Å². The van der Waals surface area contributed by atoms with Gasteiger partial charge in [-0.05, 0) is 86.7 Å². The van der Waals surface area contributed by atoms with Crippen molar-refractivity contribution in [1.29, 1.82) is 0 Å². The molecule has 0 atom stereocenters. The Bertz CT molecular complexity index is 1200. The normalized spacial score (nSPS) is 24.9. The lowest BCUT2D eigenvalue weighted by atomic mass is 9.67. The molecule has 13 heteroatoms. The van der Waals surface area contributed by atoms with Crippen LogP contribution >= 0.6 is 0 Å². The first-order valence-corrected chi connectivity index (χ1v) is 16.0. The van der Waals surface area contributed by atoms with Crippen LogP contribution in [-0.2, 0) is 37.3 Å². The van der Waals surface area contributed by atoms with Gasteiger partial charge in [-0.2, -0.15) is 22.0 Å². The van der Waals surface area contributed by atoms with Gasteiger partial charge in [-0.25, -0.2) is 9.86 Å². The predicted molar refractivity (Wildman–Crippen MR) is 140 cm³/mol. The predicted octanol–water partition coefficient (Wildman–Crippen LogP) is 0.953. The summed E-state index contributed by atoms with van der Waals surface area (Å²) in [6, 6.07) is 5.45. The molecule has 3 aliphatic rings. The minimum absolute atomic E-state index is 0.0193. The van der Waals surface area contributed by atoms with E-state index in [0.717, 1.165) is 30.1 Å². The zero-order chi connectivity index (χ0) is 27.0. The molecule has 1 saturated heterocycles. The molecule has 1 amide bonds. The number of carbonyl (C=O) groups is 1. The minimum Gasteiger partial charge on any atom is -0.371 e. The highest BCUT2D eigenvalue weighted by Gasteiger charge is 2.49. The number of rotatable bonds is 8. The lowest BCUT2D eigenvalue weighted by Crippen LogP contribution is -2.58. The smallest absolute Gasteiger partial charge is 0.371 e. The minimum atomic E-state index is -4.20. The Balaban J connectivity index is 1.55. The van der Waals surface area contributed by atoms with E-state index in [0.29, 0.717) is 24.8 Å². The van der Waals surface area contributed by atoms with Gasteiger partial charge in [-0.1, -0.05) is 19.9 Å². The van der Waals surface area contributed by atoms with Crippen LogP contribution in [0.3, 0.4) is 0 Å². The molecule has 1 aromatic carbocycles. The molecule has 0 bridgehead atoms.